The Morgan fingerprint density at radius 3 is 2.28 bits per heavy atom. The molecule has 0 fully saturated rings. The first-order valence-corrected chi connectivity index (χ1v) is 7.99. The predicted octanol–water partition coefficient (Wildman–Crippen LogP) is 6.42. The van der Waals surface area contributed by atoms with E-state index in [9.17, 15) is 0 Å². The number of halogens is 3. The van der Waals surface area contributed by atoms with Crippen molar-refractivity contribution in [2.75, 3.05) is 0 Å². The zero-order valence-electron chi connectivity index (χ0n) is 10.4. The summed E-state index contributed by atoms with van der Waals surface area (Å²) < 4.78 is 1.14. The number of alkyl halides is 1. The number of rotatable bonds is 2. The van der Waals surface area contributed by atoms with Gasteiger partial charge in [-0.1, -0.05) is 17.7 Å². The van der Waals surface area contributed by atoms with Gasteiger partial charge in [-0.25, -0.2) is 0 Å². The maximum atomic E-state index is 6.59. The van der Waals surface area contributed by atoms with Gasteiger partial charge >= 0.3 is 0 Å². The molecule has 2 rings (SSSR count). The molecule has 4 heteroatoms. The Morgan fingerprint density at radius 2 is 1.72 bits per heavy atom. The first-order chi connectivity index (χ1) is 8.40. The Kier molecular flexibility index (Phi) is 4.43. The van der Waals surface area contributed by atoms with Crippen molar-refractivity contribution in [2.45, 2.75) is 26.1 Å². The van der Waals surface area contributed by atoms with Crippen LogP contribution in [0.4, 0.5) is 0 Å². The molecular weight excluding hydrogens is 351 g/mol. The van der Waals surface area contributed by atoms with Crippen LogP contribution in [-0.4, -0.2) is 0 Å². The van der Waals surface area contributed by atoms with E-state index >= 15 is 0 Å². The predicted molar refractivity (Wildman–Crippen MR) is 85.4 cm³/mol. The Hall–Kier alpha value is -0.0200. The smallest absolute Gasteiger partial charge is 0.0930 e. The van der Waals surface area contributed by atoms with E-state index in [1.807, 2.05) is 19.9 Å². The second-order valence-electron chi connectivity index (χ2n) is 4.43. The molecule has 0 saturated carbocycles. The largest absolute Gasteiger partial charge is 0.131 e. The molecule has 0 amide bonds. The molecule has 0 spiro atoms. The molecule has 0 saturated heterocycles. The van der Waals surface area contributed by atoms with E-state index in [4.69, 9.17) is 23.2 Å². The van der Waals surface area contributed by atoms with Crippen molar-refractivity contribution >= 4 is 50.5 Å². The molecule has 0 N–H and O–H groups in total. The first kappa shape index (κ1) is 14.4. The van der Waals surface area contributed by atoms with Gasteiger partial charge in [-0.2, -0.15) is 0 Å². The summed E-state index contributed by atoms with van der Waals surface area (Å²) in [5.74, 6) is 0. The topological polar surface area (TPSA) is 0 Å². The molecule has 0 radical (unpaired) electrons. The molecule has 0 aliphatic heterocycles. The lowest BCUT2D eigenvalue weighted by atomic mass is 10.0. The van der Waals surface area contributed by atoms with Crippen molar-refractivity contribution in [1.29, 1.82) is 0 Å². The fourth-order valence-corrected chi connectivity index (χ4v) is 4.06. The van der Waals surface area contributed by atoms with Crippen LogP contribution in [0.5, 0.6) is 0 Å². The van der Waals surface area contributed by atoms with E-state index in [0.717, 1.165) is 30.4 Å². The summed E-state index contributed by atoms with van der Waals surface area (Å²) >= 11 is 17.9. The molecule has 1 heterocycles. The third-order valence-corrected chi connectivity index (χ3v) is 6.15. The molecule has 1 atom stereocenters. The monoisotopic (exact) mass is 362 g/mol. The molecular formula is C14H13BrCl2S. The summed E-state index contributed by atoms with van der Waals surface area (Å²) in [5.41, 5.74) is 4.55. The van der Waals surface area contributed by atoms with Crippen molar-refractivity contribution in [3.63, 3.8) is 0 Å². The second kappa shape index (κ2) is 5.54. The lowest BCUT2D eigenvalue weighted by molar-refractivity contribution is 1.13. The van der Waals surface area contributed by atoms with Gasteiger partial charge in [0.1, 0.15) is 0 Å². The average Bonchev–Trinajstić information content (AvgIpc) is 2.63. The van der Waals surface area contributed by atoms with Crippen LogP contribution in [-0.2, 0) is 0 Å². The van der Waals surface area contributed by atoms with Crippen LogP contribution in [0, 0.1) is 20.8 Å². The molecule has 1 aromatic carbocycles. The van der Waals surface area contributed by atoms with Gasteiger partial charge in [0, 0.05) is 9.90 Å². The number of benzene rings is 1. The van der Waals surface area contributed by atoms with E-state index < -0.39 is 0 Å². The summed E-state index contributed by atoms with van der Waals surface area (Å²) in [5, 5.41) is 0.680. The average molecular weight is 364 g/mol. The van der Waals surface area contributed by atoms with Crippen LogP contribution in [0.25, 0.3) is 0 Å². The summed E-state index contributed by atoms with van der Waals surface area (Å²) in [6.45, 7) is 6.13. The molecule has 2 aromatic rings. The summed E-state index contributed by atoms with van der Waals surface area (Å²) in [7, 11) is 0. The van der Waals surface area contributed by atoms with Gasteiger partial charge in [0.15, 0.2) is 0 Å². The summed E-state index contributed by atoms with van der Waals surface area (Å²) in [4.78, 5) is 1.16. The van der Waals surface area contributed by atoms with Crippen molar-refractivity contribution in [1.82, 2.24) is 0 Å². The van der Waals surface area contributed by atoms with E-state index in [1.165, 1.54) is 5.56 Å². The number of aryl methyl sites for hydroxylation is 3. The Bertz CT molecular complexity index is 570. The van der Waals surface area contributed by atoms with Crippen molar-refractivity contribution in [3.05, 3.63) is 54.1 Å². The Labute approximate surface area is 130 Å². The maximum absolute atomic E-state index is 6.59. The van der Waals surface area contributed by atoms with Crippen molar-refractivity contribution in [2.24, 2.45) is 0 Å². The highest BCUT2D eigenvalue weighted by Crippen LogP contribution is 2.39. The van der Waals surface area contributed by atoms with Gasteiger partial charge in [0.25, 0.3) is 0 Å². The third-order valence-electron chi connectivity index (χ3n) is 2.95. The van der Waals surface area contributed by atoms with Crippen LogP contribution >= 0.6 is 50.5 Å². The van der Waals surface area contributed by atoms with Gasteiger partial charge in [0.05, 0.1) is 9.16 Å². The van der Waals surface area contributed by atoms with Gasteiger partial charge in [-0.15, -0.1) is 22.9 Å². The van der Waals surface area contributed by atoms with Crippen molar-refractivity contribution < 1.29 is 0 Å². The van der Waals surface area contributed by atoms with Gasteiger partial charge in [-0.05, 0) is 71.1 Å². The quantitative estimate of drug-likeness (QED) is 0.540. The van der Waals surface area contributed by atoms with Crippen LogP contribution in [0.15, 0.2) is 22.0 Å². The standard InChI is InChI=1S/C14H13BrCl2S/c1-7-5-11(16)8(2)4-10(7)13(17)12-6-9(3)14(15)18-12/h4-6,13H,1-3H3. The summed E-state index contributed by atoms with van der Waals surface area (Å²) in [6, 6.07) is 6.20. The van der Waals surface area contributed by atoms with Crippen LogP contribution in [0.3, 0.4) is 0 Å². The van der Waals surface area contributed by atoms with Gasteiger partial charge < -0.3 is 0 Å². The molecule has 1 unspecified atom stereocenters. The highest BCUT2D eigenvalue weighted by Gasteiger charge is 2.17. The normalized spacial score (nSPS) is 12.8. The summed E-state index contributed by atoms with van der Waals surface area (Å²) in [6.07, 6.45) is 0. The van der Waals surface area contributed by atoms with Gasteiger partial charge in [0.2, 0.25) is 0 Å². The minimum atomic E-state index is -0.115. The maximum Gasteiger partial charge on any atom is 0.0930 e. The van der Waals surface area contributed by atoms with Crippen molar-refractivity contribution in [3.8, 4) is 0 Å². The second-order valence-corrected chi connectivity index (χ2v) is 7.67. The minimum absolute atomic E-state index is 0.115. The highest BCUT2D eigenvalue weighted by atomic mass is 79.9. The van der Waals surface area contributed by atoms with E-state index in [2.05, 4.69) is 35.0 Å². The molecule has 1 aromatic heterocycles. The lowest BCUT2D eigenvalue weighted by Crippen LogP contribution is -1.95. The number of hydrogen-bond acceptors (Lipinski definition) is 1. The SMILES string of the molecule is Cc1cc(C(Cl)c2cc(C)c(Br)s2)c(C)cc1Cl. The molecule has 0 aliphatic rings. The van der Waals surface area contributed by atoms with Crippen LogP contribution in [0.2, 0.25) is 5.02 Å². The third kappa shape index (κ3) is 2.77. The highest BCUT2D eigenvalue weighted by molar-refractivity contribution is 9.11. The van der Waals surface area contributed by atoms with Crippen LogP contribution in [0.1, 0.15) is 32.5 Å². The van der Waals surface area contributed by atoms with Gasteiger partial charge in [-0.3, -0.25) is 0 Å². The fraction of sp³-hybridized carbons (Fsp3) is 0.286. The van der Waals surface area contributed by atoms with E-state index in [1.54, 1.807) is 11.3 Å². The zero-order chi connectivity index (χ0) is 13.4. The number of hydrogen-bond donors (Lipinski definition) is 0. The molecule has 0 nitrogen and oxygen atoms in total. The molecule has 96 valence electrons. The lowest BCUT2D eigenvalue weighted by Gasteiger charge is -2.13. The van der Waals surface area contributed by atoms with Crippen LogP contribution < -0.4 is 0 Å². The Morgan fingerprint density at radius 1 is 1.06 bits per heavy atom. The molecule has 18 heavy (non-hydrogen) atoms. The molecule has 0 aliphatic carbocycles. The zero-order valence-corrected chi connectivity index (χ0v) is 14.3. The molecule has 0 bridgehead atoms. The fourth-order valence-electron chi connectivity index (χ4n) is 1.84. The Balaban J connectivity index is 2.45. The van der Waals surface area contributed by atoms with E-state index in [0.29, 0.717) is 0 Å². The number of thiophene rings is 1. The van der Waals surface area contributed by atoms with E-state index in [-0.39, 0.29) is 5.38 Å². The first-order valence-electron chi connectivity index (χ1n) is 5.56. The minimum Gasteiger partial charge on any atom is -0.131 e.